The Morgan fingerprint density at radius 2 is 1.95 bits per heavy atom. The van der Waals surface area contributed by atoms with E-state index in [2.05, 4.69) is 4.74 Å². The van der Waals surface area contributed by atoms with Gasteiger partial charge in [-0.2, -0.15) is 13.2 Å². The van der Waals surface area contributed by atoms with Crippen LogP contribution in [0.2, 0.25) is 0 Å². The molecule has 0 amide bonds. The summed E-state index contributed by atoms with van der Waals surface area (Å²) in [6.45, 7) is 0. The highest BCUT2D eigenvalue weighted by Crippen LogP contribution is 2.33. The smallest absolute Gasteiger partial charge is 0.416 e. The Morgan fingerprint density at radius 1 is 1.37 bits per heavy atom. The molecule has 8 heteroatoms. The van der Waals surface area contributed by atoms with E-state index in [1.165, 1.54) is 0 Å². The van der Waals surface area contributed by atoms with E-state index in [1.54, 1.807) is 0 Å². The van der Waals surface area contributed by atoms with Crippen molar-refractivity contribution in [2.45, 2.75) is 18.4 Å². The van der Waals surface area contributed by atoms with E-state index < -0.39 is 29.9 Å². The largest absolute Gasteiger partial charge is 0.467 e. The zero-order chi connectivity index (χ0) is 14.8. The van der Waals surface area contributed by atoms with Crippen LogP contribution in [0, 0.1) is 0 Å². The topological polar surface area (TPSA) is 92.8 Å². The molecular formula is C11H12F3NO4. The number of ether oxygens (including phenoxy) is 1. The molecule has 0 aliphatic carbocycles. The van der Waals surface area contributed by atoms with Gasteiger partial charge in [0, 0.05) is 11.3 Å². The number of hydrogen-bond donors (Lipinski definition) is 3. The number of carbonyl (C=O) groups excluding carboxylic acids is 1. The molecule has 0 radical (unpaired) electrons. The first-order valence-corrected chi connectivity index (χ1v) is 5.09. The molecule has 0 heterocycles. The predicted octanol–water partition coefficient (Wildman–Crippen LogP) is 0.855. The van der Waals surface area contributed by atoms with Crippen molar-refractivity contribution >= 4 is 11.7 Å². The Hall–Kier alpha value is -1.80. The van der Waals surface area contributed by atoms with E-state index in [0.717, 1.165) is 13.2 Å². The van der Waals surface area contributed by atoms with Crippen LogP contribution in [0.5, 0.6) is 0 Å². The van der Waals surface area contributed by atoms with E-state index in [-0.39, 0.29) is 11.3 Å². The van der Waals surface area contributed by atoms with Crippen LogP contribution in [-0.2, 0) is 15.7 Å². The minimum Gasteiger partial charge on any atom is -0.467 e. The lowest BCUT2D eigenvalue weighted by atomic mass is 10.0. The molecule has 2 unspecified atom stereocenters. The molecule has 1 rings (SSSR count). The molecule has 19 heavy (non-hydrogen) atoms. The quantitative estimate of drug-likeness (QED) is 0.563. The number of halogens is 3. The maximum Gasteiger partial charge on any atom is 0.416 e. The number of esters is 1. The van der Waals surface area contributed by atoms with Gasteiger partial charge in [-0.3, -0.25) is 0 Å². The standard InChI is InChI=1S/C11H12F3NO4/c1-19-10(18)9(17)8(16)6-3-2-5(4-7(6)15)11(12,13)14/h2-4,8-9,16-17H,15H2,1H3. The molecule has 0 saturated heterocycles. The second-order valence-electron chi connectivity index (χ2n) is 3.75. The van der Waals surface area contributed by atoms with Gasteiger partial charge in [-0.1, -0.05) is 6.07 Å². The third kappa shape index (κ3) is 3.36. The third-order valence-electron chi connectivity index (χ3n) is 2.47. The highest BCUT2D eigenvalue weighted by molar-refractivity contribution is 5.75. The van der Waals surface area contributed by atoms with Crippen molar-refractivity contribution in [3.63, 3.8) is 0 Å². The summed E-state index contributed by atoms with van der Waals surface area (Å²) < 4.78 is 41.4. The lowest BCUT2D eigenvalue weighted by Gasteiger charge is -2.18. The molecule has 2 atom stereocenters. The highest BCUT2D eigenvalue weighted by Gasteiger charge is 2.33. The number of methoxy groups -OCH3 is 1. The average Bonchev–Trinajstić information content (AvgIpc) is 2.34. The van der Waals surface area contributed by atoms with Gasteiger partial charge in [-0.05, 0) is 12.1 Å². The number of hydrogen-bond acceptors (Lipinski definition) is 5. The fraction of sp³-hybridized carbons (Fsp3) is 0.364. The molecular weight excluding hydrogens is 267 g/mol. The molecule has 0 bridgehead atoms. The van der Waals surface area contributed by atoms with Crippen molar-refractivity contribution in [1.82, 2.24) is 0 Å². The molecule has 0 fully saturated rings. The highest BCUT2D eigenvalue weighted by atomic mass is 19.4. The minimum absolute atomic E-state index is 0.189. The number of nitrogen functional groups attached to an aromatic ring is 1. The SMILES string of the molecule is COC(=O)C(O)C(O)c1ccc(C(F)(F)F)cc1N. The van der Waals surface area contributed by atoms with Crippen LogP contribution in [0.4, 0.5) is 18.9 Å². The zero-order valence-electron chi connectivity index (χ0n) is 9.81. The lowest BCUT2D eigenvalue weighted by Crippen LogP contribution is -2.29. The number of aliphatic hydroxyl groups is 2. The normalized spacial score (nSPS) is 14.8. The van der Waals surface area contributed by atoms with E-state index in [0.29, 0.717) is 12.1 Å². The van der Waals surface area contributed by atoms with Crippen LogP contribution < -0.4 is 5.73 Å². The van der Waals surface area contributed by atoms with Crippen LogP contribution in [0.1, 0.15) is 17.2 Å². The second kappa shape index (κ2) is 5.45. The Labute approximate surface area is 106 Å². The van der Waals surface area contributed by atoms with E-state index in [1.807, 2.05) is 0 Å². The Kier molecular flexibility index (Phi) is 4.38. The average molecular weight is 279 g/mol. The summed E-state index contributed by atoms with van der Waals surface area (Å²) in [7, 11) is 0.994. The van der Waals surface area contributed by atoms with Crippen molar-refractivity contribution in [2.24, 2.45) is 0 Å². The maximum absolute atomic E-state index is 12.4. The number of carbonyl (C=O) groups is 1. The van der Waals surface area contributed by atoms with Crippen LogP contribution in [0.3, 0.4) is 0 Å². The lowest BCUT2D eigenvalue weighted by molar-refractivity contribution is -0.156. The first kappa shape index (κ1) is 15.3. The Balaban J connectivity index is 3.06. The molecule has 1 aromatic carbocycles. The molecule has 5 nitrogen and oxygen atoms in total. The number of alkyl halides is 3. The summed E-state index contributed by atoms with van der Waals surface area (Å²) in [6.07, 6.45) is -8.27. The van der Waals surface area contributed by atoms with Gasteiger partial charge < -0.3 is 20.7 Å². The van der Waals surface area contributed by atoms with Gasteiger partial charge in [0.2, 0.25) is 0 Å². The number of anilines is 1. The minimum atomic E-state index is -4.57. The Morgan fingerprint density at radius 3 is 2.37 bits per heavy atom. The molecule has 0 aromatic heterocycles. The van der Waals surface area contributed by atoms with Crippen molar-refractivity contribution in [3.8, 4) is 0 Å². The monoisotopic (exact) mass is 279 g/mol. The second-order valence-corrected chi connectivity index (χ2v) is 3.75. The van der Waals surface area contributed by atoms with Gasteiger partial charge in [0.25, 0.3) is 0 Å². The maximum atomic E-state index is 12.4. The van der Waals surface area contributed by atoms with Gasteiger partial charge in [0.05, 0.1) is 12.7 Å². The third-order valence-corrected chi connectivity index (χ3v) is 2.47. The number of rotatable bonds is 3. The van der Waals surface area contributed by atoms with Crippen LogP contribution in [0.15, 0.2) is 18.2 Å². The molecule has 0 aliphatic heterocycles. The van der Waals surface area contributed by atoms with Crippen molar-refractivity contribution in [2.75, 3.05) is 12.8 Å². The van der Waals surface area contributed by atoms with Gasteiger partial charge >= 0.3 is 12.1 Å². The van der Waals surface area contributed by atoms with Gasteiger partial charge in [-0.15, -0.1) is 0 Å². The summed E-state index contributed by atoms with van der Waals surface area (Å²) >= 11 is 0. The fourth-order valence-electron chi connectivity index (χ4n) is 1.44. The van der Waals surface area contributed by atoms with Gasteiger partial charge in [-0.25, -0.2) is 4.79 Å². The number of aliphatic hydroxyl groups excluding tert-OH is 2. The summed E-state index contributed by atoms with van der Waals surface area (Å²) in [5, 5.41) is 19.0. The first-order chi connectivity index (χ1) is 8.68. The molecule has 4 N–H and O–H groups in total. The summed E-state index contributed by atoms with van der Waals surface area (Å²) in [5.74, 6) is -1.12. The zero-order valence-corrected chi connectivity index (χ0v) is 9.81. The van der Waals surface area contributed by atoms with Crippen molar-refractivity contribution in [3.05, 3.63) is 29.3 Å². The predicted molar refractivity (Wildman–Crippen MR) is 58.8 cm³/mol. The number of benzene rings is 1. The van der Waals surface area contributed by atoms with E-state index >= 15 is 0 Å². The van der Waals surface area contributed by atoms with Crippen LogP contribution in [-0.4, -0.2) is 29.4 Å². The molecule has 0 saturated carbocycles. The van der Waals surface area contributed by atoms with E-state index in [9.17, 15) is 28.2 Å². The van der Waals surface area contributed by atoms with Crippen LogP contribution in [0.25, 0.3) is 0 Å². The first-order valence-electron chi connectivity index (χ1n) is 5.09. The van der Waals surface area contributed by atoms with Gasteiger partial charge in [0.1, 0.15) is 6.10 Å². The molecule has 0 spiro atoms. The van der Waals surface area contributed by atoms with Crippen LogP contribution >= 0.6 is 0 Å². The Bertz CT molecular complexity index is 475. The molecule has 1 aromatic rings. The fourth-order valence-corrected chi connectivity index (χ4v) is 1.44. The molecule has 106 valence electrons. The molecule has 0 aliphatic rings. The van der Waals surface area contributed by atoms with Gasteiger partial charge in [0.15, 0.2) is 6.10 Å². The summed E-state index contributed by atoms with van der Waals surface area (Å²) in [5.41, 5.74) is 3.81. The number of nitrogens with two attached hydrogens (primary N) is 1. The van der Waals surface area contributed by atoms with Crippen molar-refractivity contribution < 1.29 is 32.9 Å². The van der Waals surface area contributed by atoms with Crippen molar-refractivity contribution in [1.29, 1.82) is 0 Å². The van der Waals surface area contributed by atoms with E-state index in [4.69, 9.17) is 5.73 Å². The summed E-state index contributed by atoms with van der Waals surface area (Å²) in [6, 6.07) is 2.20. The summed E-state index contributed by atoms with van der Waals surface area (Å²) in [4.78, 5) is 11.0.